The molecule has 34 heavy (non-hydrogen) atoms. The van der Waals surface area contributed by atoms with Gasteiger partial charge in [0.1, 0.15) is 5.75 Å². The number of hydrazone groups is 1. The number of methoxy groups -OCH3 is 1. The summed E-state index contributed by atoms with van der Waals surface area (Å²) in [5.41, 5.74) is 4.54. The summed E-state index contributed by atoms with van der Waals surface area (Å²) in [7, 11) is 1.63. The second-order valence-electron chi connectivity index (χ2n) is 8.22. The van der Waals surface area contributed by atoms with Crippen molar-refractivity contribution in [3.8, 4) is 5.75 Å². The summed E-state index contributed by atoms with van der Waals surface area (Å²) in [6.45, 7) is 4.08. The molecule has 1 aliphatic rings. The molecule has 0 unspecified atom stereocenters. The molecule has 3 aromatic rings. The van der Waals surface area contributed by atoms with Crippen LogP contribution in [0, 0.1) is 6.92 Å². The number of H-pyrrole nitrogens is 1. The maximum Gasteiger partial charge on any atom is 0.253 e. The molecule has 4 rings (SSSR count). The van der Waals surface area contributed by atoms with Crippen LogP contribution in [0.4, 0.5) is 0 Å². The summed E-state index contributed by atoms with van der Waals surface area (Å²) in [6, 6.07) is 17.2. The van der Waals surface area contributed by atoms with Crippen molar-refractivity contribution in [2.45, 2.75) is 44.3 Å². The Labute approximate surface area is 203 Å². The Kier molecular flexibility index (Phi) is 7.47. The van der Waals surface area contributed by atoms with Crippen LogP contribution in [-0.4, -0.2) is 39.5 Å². The van der Waals surface area contributed by atoms with Crippen LogP contribution in [0.2, 0.25) is 0 Å². The molecule has 0 saturated heterocycles. The lowest BCUT2D eigenvalue weighted by atomic mass is 9.97. The number of nitrogens with one attached hydrogen (secondary N) is 1. The zero-order chi connectivity index (χ0) is 24.1. The number of aromatic amines is 1. The molecule has 0 fully saturated rings. The van der Waals surface area contributed by atoms with E-state index in [1.165, 1.54) is 17.8 Å². The number of carbonyl (C=O) groups is 1. The number of rotatable bonds is 8. The predicted octanol–water partition coefficient (Wildman–Crippen LogP) is 4.51. The van der Waals surface area contributed by atoms with Gasteiger partial charge < -0.3 is 9.72 Å². The summed E-state index contributed by atoms with van der Waals surface area (Å²) < 4.78 is 5.26. The fourth-order valence-electron chi connectivity index (χ4n) is 3.88. The average Bonchev–Trinajstić information content (AvgIpc) is 3.28. The van der Waals surface area contributed by atoms with E-state index in [1.807, 2.05) is 62.4 Å². The van der Waals surface area contributed by atoms with E-state index in [0.29, 0.717) is 11.6 Å². The SMILES string of the molecule is CCCc1cc(=O)[nH]c(SCC(=O)N2N=C(c3ccc(OC)cc3)C[C@@H]2c2ccc(C)cc2)n1. The minimum Gasteiger partial charge on any atom is -0.497 e. The standard InChI is InChI=1S/C26H28N4O3S/c1-4-5-20-14-24(31)28-26(27-20)34-16-25(32)30-23(19-8-6-17(2)7-9-19)15-22(29-30)18-10-12-21(33-3)13-11-18/h6-14,23H,4-5,15-16H2,1-3H3,(H,27,28,31)/t23-/m1/s1. The van der Waals surface area contributed by atoms with Crippen molar-refractivity contribution >= 4 is 23.4 Å². The second-order valence-corrected chi connectivity index (χ2v) is 9.19. The number of hydrogen-bond acceptors (Lipinski definition) is 6. The van der Waals surface area contributed by atoms with E-state index < -0.39 is 0 Å². The van der Waals surface area contributed by atoms with E-state index >= 15 is 0 Å². The number of nitrogens with zero attached hydrogens (tertiary/aromatic N) is 3. The molecule has 0 radical (unpaired) electrons. The molecule has 2 heterocycles. The molecule has 0 spiro atoms. The number of aromatic nitrogens is 2. The first-order chi connectivity index (χ1) is 16.5. The molecular formula is C26H28N4O3S. The quantitative estimate of drug-likeness (QED) is 0.382. The van der Waals surface area contributed by atoms with Crippen LogP contribution < -0.4 is 10.3 Å². The number of benzene rings is 2. The zero-order valence-corrected chi connectivity index (χ0v) is 20.4. The van der Waals surface area contributed by atoms with Crippen molar-refractivity contribution in [3.05, 3.63) is 87.3 Å². The van der Waals surface area contributed by atoms with Crippen molar-refractivity contribution in [3.63, 3.8) is 0 Å². The van der Waals surface area contributed by atoms with Gasteiger partial charge in [0.05, 0.1) is 24.6 Å². The monoisotopic (exact) mass is 476 g/mol. The summed E-state index contributed by atoms with van der Waals surface area (Å²) >= 11 is 1.23. The Hall–Kier alpha value is -3.39. The summed E-state index contributed by atoms with van der Waals surface area (Å²) in [4.78, 5) is 32.5. The third kappa shape index (κ3) is 5.56. The largest absolute Gasteiger partial charge is 0.497 e. The number of thioether (sulfide) groups is 1. The van der Waals surface area contributed by atoms with Gasteiger partial charge in [0.25, 0.3) is 11.5 Å². The molecule has 1 atom stereocenters. The van der Waals surface area contributed by atoms with Gasteiger partial charge in [-0.2, -0.15) is 5.10 Å². The lowest BCUT2D eigenvalue weighted by Crippen LogP contribution is -2.28. The predicted molar refractivity (Wildman–Crippen MR) is 134 cm³/mol. The first-order valence-corrected chi connectivity index (χ1v) is 12.3. The molecule has 8 heteroatoms. The highest BCUT2D eigenvalue weighted by atomic mass is 32.2. The van der Waals surface area contributed by atoms with E-state index in [-0.39, 0.29) is 23.3 Å². The molecule has 0 aliphatic carbocycles. The third-order valence-electron chi connectivity index (χ3n) is 5.66. The number of ether oxygens (including phenoxy) is 1. The molecule has 1 aromatic heterocycles. The van der Waals surface area contributed by atoms with Gasteiger partial charge >= 0.3 is 0 Å². The average molecular weight is 477 g/mol. The topological polar surface area (TPSA) is 87.7 Å². The molecule has 0 saturated carbocycles. The number of hydrogen-bond donors (Lipinski definition) is 1. The van der Waals surface area contributed by atoms with Gasteiger partial charge in [-0.1, -0.05) is 54.9 Å². The van der Waals surface area contributed by atoms with Crippen LogP contribution in [0.5, 0.6) is 5.75 Å². The minimum atomic E-state index is -0.202. The first kappa shape index (κ1) is 23.8. The summed E-state index contributed by atoms with van der Waals surface area (Å²) in [6.07, 6.45) is 2.24. The van der Waals surface area contributed by atoms with Gasteiger partial charge in [-0.3, -0.25) is 9.59 Å². The molecule has 7 nitrogen and oxygen atoms in total. The Bertz CT molecular complexity index is 1240. The van der Waals surface area contributed by atoms with E-state index in [1.54, 1.807) is 12.1 Å². The summed E-state index contributed by atoms with van der Waals surface area (Å²) in [5, 5.41) is 6.75. The highest BCUT2D eigenvalue weighted by molar-refractivity contribution is 7.99. The first-order valence-electron chi connectivity index (χ1n) is 11.3. The molecule has 0 bridgehead atoms. The smallest absolute Gasteiger partial charge is 0.253 e. The van der Waals surface area contributed by atoms with E-state index in [2.05, 4.69) is 9.97 Å². The van der Waals surface area contributed by atoms with Gasteiger partial charge in [-0.15, -0.1) is 0 Å². The zero-order valence-electron chi connectivity index (χ0n) is 19.6. The highest BCUT2D eigenvalue weighted by Gasteiger charge is 2.33. The van der Waals surface area contributed by atoms with Crippen molar-refractivity contribution in [2.75, 3.05) is 12.9 Å². The Morgan fingerprint density at radius 3 is 2.59 bits per heavy atom. The molecule has 1 amide bonds. The fraction of sp³-hybridized carbons (Fsp3) is 0.308. The van der Waals surface area contributed by atoms with Gasteiger partial charge in [0.15, 0.2) is 5.16 Å². The molecule has 1 aliphatic heterocycles. The fourth-order valence-corrected chi connectivity index (χ4v) is 4.63. The molecule has 2 aromatic carbocycles. The summed E-state index contributed by atoms with van der Waals surface area (Å²) in [5.74, 6) is 0.761. The van der Waals surface area contributed by atoms with Gasteiger partial charge in [-0.05, 0) is 48.7 Å². The second kappa shape index (κ2) is 10.7. The van der Waals surface area contributed by atoms with Crippen molar-refractivity contribution in [1.29, 1.82) is 0 Å². The van der Waals surface area contributed by atoms with Crippen molar-refractivity contribution in [1.82, 2.24) is 15.0 Å². The maximum atomic E-state index is 13.3. The van der Waals surface area contributed by atoms with Crippen LogP contribution in [0.15, 0.2) is 69.6 Å². The van der Waals surface area contributed by atoms with Gasteiger partial charge in [-0.25, -0.2) is 9.99 Å². The van der Waals surface area contributed by atoms with E-state index in [0.717, 1.165) is 46.7 Å². The van der Waals surface area contributed by atoms with E-state index in [9.17, 15) is 9.59 Å². The van der Waals surface area contributed by atoms with Crippen molar-refractivity contribution < 1.29 is 9.53 Å². The Morgan fingerprint density at radius 1 is 1.18 bits per heavy atom. The van der Waals surface area contributed by atoms with Crippen LogP contribution in [0.25, 0.3) is 0 Å². The van der Waals surface area contributed by atoms with Crippen LogP contribution in [0.1, 0.15) is 48.2 Å². The molecular weight excluding hydrogens is 448 g/mol. The number of carbonyl (C=O) groups excluding carboxylic acids is 1. The maximum absolute atomic E-state index is 13.3. The molecule has 1 N–H and O–H groups in total. The Balaban J connectivity index is 1.57. The number of amides is 1. The van der Waals surface area contributed by atoms with Crippen LogP contribution >= 0.6 is 11.8 Å². The Morgan fingerprint density at radius 2 is 1.91 bits per heavy atom. The molecule has 176 valence electrons. The lowest BCUT2D eigenvalue weighted by molar-refractivity contribution is -0.130. The van der Waals surface area contributed by atoms with Crippen LogP contribution in [0.3, 0.4) is 0 Å². The normalized spacial score (nSPS) is 15.3. The van der Waals surface area contributed by atoms with Gasteiger partial charge in [0, 0.05) is 18.2 Å². The van der Waals surface area contributed by atoms with E-state index in [4.69, 9.17) is 9.84 Å². The highest BCUT2D eigenvalue weighted by Crippen LogP contribution is 2.34. The van der Waals surface area contributed by atoms with Crippen molar-refractivity contribution in [2.24, 2.45) is 5.10 Å². The third-order valence-corrected chi connectivity index (χ3v) is 6.52. The number of aryl methyl sites for hydroxylation is 2. The minimum absolute atomic E-state index is 0.125. The van der Waals surface area contributed by atoms with Crippen LogP contribution in [-0.2, 0) is 11.2 Å². The van der Waals surface area contributed by atoms with Gasteiger partial charge in [0.2, 0.25) is 0 Å². The lowest BCUT2D eigenvalue weighted by Gasteiger charge is -2.22.